The Kier molecular flexibility index (Phi) is 6.00. The first-order chi connectivity index (χ1) is 10.6. The molecule has 2 heterocycles. The number of thiophene rings is 1. The van der Waals surface area contributed by atoms with Gasteiger partial charge in [-0.25, -0.2) is 4.99 Å². The van der Waals surface area contributed by atoms with E-state index in [0.717, 1.165) is 24.0 Å². The van der Waals surface area contributed by atoms with Crippen LogP contribution in [0.25, 0.3) is 0 Å². The third-order valence-corrected chi connectivity index (χ3v) is 4.28. The van der Waals surface area contributed by atoms with Crippen molar-refractivity contribution in [2.45, 2.75) is 46.2 Å². The lowest BCUT2D eigenvalue weighted by Crippen LogP contribution is -2.38. The van der Waals surface area contributed by atoms with Gasteiger partial charge in [0.15, 0.2) is 11.7 Å². The zero-order valence-electron chi connectivity index (χ0n) is 13.6. The minimum atomic E-state index is 0.221. The minimum absolute atomic E-state index is 0.221. The lowest BCUT2D eigenvalue weighted by Gasteiger charge is -2.16. The van der Waals surface area contributed by atoms with Crippen LogP contribution in [0.3, 0.4) is 0 Å². The van der Waals surface area contributed by atoms with Crippen molar-refractivity contribution in [2.75, 3.05) is 6.54 Å². The van der Waals surface area contributed by atoms with Gasteiger partial charge in [0, 0.05) is 17.5 Å². The predicted octanol–water partition coefficient (Wildman–Crippen LogP) is 3.68. The van der Waals surface area contributed by atoms with Crippen LogP contribution in [0.15, 0.2) is 33.1 Å². The Hall–Kier alpha value is -1.82. The van der Waals surface area contributed by atoms with Crippen LogP contribution in [0.5, 0.6) is 0 Å². The molecule has 2 rings (SSSR count). The van der Waals surface area contributed by atoms with Crippen LogP contribution in [0.2, 0.25) is 0 Å². The Morgan fingerprint density at radius 1 is 1.41 bits per heavy atom. The van der Waals surface area contributed by atoms with E-state index in [1.807, 2.05) is 6.07 Å². The Labute approximate surface area is 135 Å². The van der Waals surface area contributed by atoms with Crippen LogP contribution >= 0.6 is 11.3 Å². The summed E-state index contributed by atoms with van der Waals surface area (Å²) in [5, 5.41) is 12.8. The molecule has 5 nitrogen and oxygen atoms in total. The molecule has 120 valence electrons. The monoisotopic (exact) mass is 320 g/mol. The van der Waals surface area contributed by atoms with E-state index < -0.39 is 0 Å². The summed E-state index contributed by atoms with van der Waals surface area (Å²) < 4.78 is 5.32. The first kappa shape index (κ1) is 16.5. The maximum absolute atomic E-state index is 5.32. The Bertz CT molecular complexity index is 589. The molecule has 22 heavy (non-hydrogen) atoms. The lowest BCUT2D eigenvalue weighted by molar-refractivity contribution is 0.376. The van der Waals surface area contributed by atoms with Gasteiger partial charge in [-0.1, -0.05) is 25.1 Å². The second-order valence-electron chi connectivity index (χ2n) is 5.45. The normalized spacial score (nSPS) is 13.4. The molecule has 0 radical (unpaired) electrons. The molecule has 0 aromatic carbocycles. The zero-order valence-corrected chi connectivity index (χ0v) is 14.4. The molecule has 0 spiro atoms. The van der Waals surface area contributed by atoms with Gasteiger partial charge in [0.25, 0.3) is 0 Å². The third-order valence-electron chi connectivity index (χ3n) is 3.23. The van der Waals surface area contributed by atoms with Gasteiger partial charge in [-0.05, 0) is 31.2 Å². The van der Waals surface area contributed by atoms with E-state index in [1.165, 1.54) is 4.88 Å². The molecule has 1 unspecified atom stereocenters. The van der Waals surface area contributed by atoms with Crippen molar-refractivity contribution >= 4 is 17.3 Å². The highest BCUT2D eigenvalue weighted by Crippen LogP contribution is 2.18. The first-order valence-corrected chi connectivity index (χ1v) is 8.51. The van der Waals surface area contributed by atoms with E-state index in [9.17, 15) is 0 Å². The standard InChI is InChI=1S/C16H24N4OS/c1-5-17-16(19-12(4)15-7-6-8-22-15)18-10-13-9-14(11(2)3)20-21-13/h6-9,11-12H,5,10H2,1-4H3,(H2,17,18,19). The van der Waals surface area contributed by atoms with Crippen LogP contribution in [-0.4, -0.2) is 17.7 Å². The van der Waals surface area contributed by atoms with E-state index in [4.69, 9.17) is 4.52 Å². The second kappa shape index (κ2) is 7.98. The number of guanidine groups is 1. The summed E-state index contributed by atoms with van der Waals surface area (Å²) >= 11 is 1.74. The fourth-order valence-corrected chi connectivity index (χ4v) is 2.70. The molecule has 6 heteroatoms. The quantitative estimate of drug-likeness (QED) is 0.629. The van der Waals surface area contributed by atoms with Gasteiger partial charge < -0.3 is 15.2 Å². The average Bonchev–Trinajstić information content (AvgIpc) is 3.16. The van der Waals surface area contributed by atoms with Crippen molar-refractivity contribution in [2.24, 2.45) is 4.99 Å². The number of nitrogens with one attached hydrogen (secondary N) is 2. The molecule has 0 bridgehead atoms. The number of aromatic nitrogens is 1. The smallest absolute Gasteiger partial charge is 0.192 e. The minimum Gasteiger partial charge on any atom is -0.359 e. The number of nitrogens with zero attached hydrogens (tertiary/aromatic N) is 2. The number of hydrogen-bond donors (Lipinski definition) is 2. The summed E-state index contributed by atoms with van der Waals surface area (Å²) in [5.41, 5.74) is 0.968. The van der Waals surface area contributed by atoms with Gasteiger partial charge >= 0.3 is 0 Å². The van der Waals surface area contributed by atoms with E-state index in [1.54, 1.807) is 11.3 Å². The van der Waals surface area contributed by atoms with Crippen LogP contribution in [-0.2, 0) is 6.54 Å². The molecule has 2 aromatic heterocycles. The molecule has 0 aliphatic rings. The van der Waals surface area contributed by atoms with E-state index in [-0.39, 0.29) is 6.04 Å². The Balaban J connectivity index is 1.99. The van der Waals surface area contributed by atoms with E-state index in [0.29, 0.717) is 12.5 Å². The van der Waals surface area contributed by atoms with Crippen molar-refractivity contribution < 1.29 is 4.52 Å². The highest BCUT2D eigenvalue weighted by molar-refractivity contribution is 7.10. The number of aliphatic imine (C=N–C) groups is 1. The Morgan fingerprint density at radius 3 is 2.82 bits per heavy atom. The summed E-state index contributed by atoms with van der Waals surface area (Å²) in [6.07, 6.45) is 0. The lowest BCUT2D eigenvalue weighted by atomic mass is 10.1. The van der Waals surface area contributed by atoms with Crippen LogP contribution in [0.1, 0.15) is 56.0 Å². The molecule has 0 saturated carbocycles. The summed E-state index contributed by atoms with van der Waals surface area (Å²) in [5.74, 6) is 1.93. The molecule has 0 fully saturated rings. The molecular weight excluding hydrogens is 296 g/mol. The van der Waals surface area contributed by atoms with Gasteiger partial charge in [0.2, 0.25) is 0 Å². The van der Waals surface area contributed by atoms with Crippen molar-refractivity contribution in [1.29, 1.82) is 0 Å². The van der Waals surface area contributed by atoms with Crippen molar-refractivity contribution in [1.82, 2.24) is 15.8 Å². The maximum atomic E-state index is 5.32. The van der Waals surface area contributed by atoms with Crippen LogP contribution in [0, 0.1) is 0 Å². The molecule has 0 aliphatic heterocycles. The summed E-state index contributed by atoms with van der Waals surface area (Å²) in [7, 11) is 0. The molecule has 2 N–H and O–H groups in total. The van der Waals surface area contributed by atoms with Crippen molar-refractivity contribution in [3.8, 4) is 0 Å². The SMILES string of the molecule is CCNC(=NCc1cc(C(C)C)no1)NC(C)c1cccs1. The molecule has 0 aliphatic carbocycles. The van der Waals surface area contributed by atoms with Crippen LogP contribution in [0.4, 0.5) is 0 Å². The van der Waals surface area contributed by atoms with Gasteiger partial charge in [-0.3, -0.25) is 0 Å². The second-order valence-corrected chi connectivity index (χ2v) is 6.43. The van der Waals surface area contributed by atoms with Gasteiger partial charge in [0.05, 0.1) is 11.7 Å². The molecule has 0 amide bonds. The first-order valence-electron chi connectivity index (χ1n) is 7.63. The predicted molar refractivity (Wildman–Crippen MR) is 91.3 cm³/mol. The largest absolute Gasteiger partial charge is 0.359 e. The Morgan fingerprint density at radius 2 is 2.23 bits per heavy atom. The number of hydrogen-bond acceptors (Lipinski definition) is 4. The highest BCUT2D eigenvalue weighted by atomic mass is 32.1. The third kappa shape index (κ3) is 4.59. The van der Waals surface area contributed by atoms with Crippen LogP contribution < -0.4 is 10.6 Å². The summed E-state index contributed by atoms with van der Waals surface area (Å²) in [4.78, 5) is 5.86. The van der Waals surface area contributed by atoms with Gasteiger partial charge in [0.1, 0.15) is 6.54 Å². The summed E-state index contributed by atoms with van der Waals surface area (Å²) in [6.45, 7) is 9.67. The van der Waals surface area contributed by atoms with Crippen molar-refractivity contribution in [3.63, 3.8) is 0 Å². The van der Waals surface area contributed by atoms with Gasteiger partial charge in [-0.15, -0.1) is 11.3 Å². The average molecular weight is 320 g/mol. The van der Waals surface area contributed by atoms with Gasteiger partial charge in [-0.2, -0.15) is 0 Å². The zero-order chi connectivity index (χ0) is 15.9. The molecular formula is C16H24N4OS. The maximum Gasteiger partial charge on any atom is 0.192 e. The van der Waals surface area contributed by atoms with E-state index >= 15 is 0 Å². The fraction of sp³-hybridized carbons (Fsp3) is 0.500. The summed E-state index contributed by atoms with van der Waals surface area (Å²) in [6, 6.07) is 6.38. The molecule has 1 atom stereocenters. The van der Waals surface area contributed by atoms with E-state index in [2.05, 4.69) is 66.0 Å². The fourth-order valence-electron chi connectivity index (χ4n) is 1.97. The topological polar surface area (TPSA) is 62.5 Å². The number of rotatable bonds is 6. The molecule has 2 aromatic rings. The van der Waals surface area contributed by atoms with Crippen molar-refractivity contribution in [3.05, 3.63) is 39.9 Å². The highest BCUT2D eigenvalue weighted by Gasteiger charge is 2.10. The molecule has 0 saturated heterocycles.